The summed E-state index contributed by atoms with van der Waals surface area (Å²) in [5.41, 5.74) is 8.44. The van der Waals surface area contributed by atoms with Gasteiger partial charge in [-0.15, -0.1) is 0 Å². The van der Waals surface area contributed by atoms with Gasteiger partial charge in [0.1, 0.15) is 24.0 Å². The number of para-hydroxylation sites is 2. The van der Waals surface area contributed by atoms with Gasteiger partial charge < -0.3 is 19.8 Å². The minimum absolute atomic E-state index is 0.0267. The predicted molar refractivity (Wildman–Crippen MR) is 130 cm³/mol. The largest absolute Gasteiger partial charge is 0.489 e. The van der Waals surface area contributed by atoms with Crippen LogP contribution in [0.4, 0.5) is 4.39 Å². The van der Waals surface area contributed by atoms with Crippen molar-refractivity contribution in [2.24, 2.45) is 11.1 Å². The van der Waals surface area contributed by atoms with Gasteiger partial charge in [-0.05, 0) is 29.2 Å². The summed E-state index contributed by atoms with van der Waals surface area (Å²) < 4.78 is 27.5. The molecule has 35 heavy (non-hydrogen) atoms. The van der Waals surface area contributed by atoms with Gasteiger partial charge in [0.25, 0.3) is 0 Å². The van der Waals surface area contributed by atoms with E-state index in [0.717, 1.165) is 16.5 Å². The molecule has 2 aromatic carbocycles. The highest BCUT2D eigenvalue weighted by atomic mass is 19.1. The van der Waals surface area contributed by atoms with Crippen LogP contribution in [0.3, 0.4) is 0 Å². The Morgan fingerprint density at radius 2 is 1.94 bits per heavy atom. The number of Topliss-reactive ketones (excluding diaryl/α,β-unsaturated/α-hetero) is 1. The second-order valence-electron chi connectivity index (χ2n) is 9.78. The number of benzene rings is 2. The topological polar surface area (TPSA) is 90.3 Å². The third-order valence-corrected chi connectivity index (χ3v) is 6.63. The van der Waals surface area contributed by atoms with Crippen LogP contribution in [0.15, 0.2) is 77.5 Å². The zero-order valence-electron chi connectivity index (χ0n) is 19.7. The molecule has 0 saturated carbocycles. The molecule has 6 nitrogen and oxygen atoms in total. The summed E-state index contributed by atoms with van der Waals surface area (Å²) >= 11 is 0. The van der Waals surface area contributed by atoms with Crippen molar-refractivity contribution in [3.63, 3.8) is 0 Å². The van der Waals surface area contributed by atoms with Gasteiger partial charge >= 0.3 is 0 Å². The zero-order valence-corrected chi connectivity index (χ0v) is 19.7. The Kier molecular flexibility index (Phi) is 5.60. The first-order valence-corrected chi connectivity index (χ1v) is 11.6. The van der Waals surface area contributed by atoms with Crippen molar-refractivity contribution in [1.82, 2.24) is 4.57 Å². The van der Waals surface area contributed by atoms with Gasteiger partial charge in [-0.1, -0.05) is 44.2 Å². The molecule has 2 N–H and O–H groups in total. The van der Waals surface area contributed by atoms with Crippen molar-refractivity contribution >= 4 is 16.7 Å². The summed E-state index contributed by atoms with van der Waals surface area (Å²) in [6, 6.07) is 16.3. The molecule has 1 aromatic heterocycles. The van der Waals surface area contributed by atoms with Crippen LogP contribution in [0.2, 0.25) is 0 Å². The molecule has 0 radical (unpaired) electrons. The smallest absolute Gasteiger partial charge is 0.205 e. The molecule has 2 aliphatic rings. The summed E-state index contributed by atoms with van der Waals surface area (Å²) in [7, 11) is 0. The van der Waals surface area contributed by atoms with Crippen LogP contribution in [0.1, 0.15) is 38.2 Å². The fourth-order valence-corrected chi connectivity index (χ4v) is 5.10. The Morgan fingerprint density at radius 3 is 2.71 bits per heavy atom. The highest BCUT2D eigenvalue weighted by Crippen LogP contribution is 2.49. The number of hydrogen-bond acceptors (Lipinski definition) is 5. The predicted octanol–water partition coefficient (Wildman–Crippen LogP) is 5.31. The molecule has 3 aromatic rings. The maximum atomic E-state index is 14.0. The lowest BCUT2D eigenvalue weighted by atomic mass is 9.70. The van der Waals surface area contributed by atoms with Crippen LogP contribution < -0.4 is 10.5 Å². The molecule has 1 atom stereocenters. The Hall–Kier alpha value is -4.05. The number of rotatable bonds is 5. The first kappa shape index (κ1) is 22.7. The molecular weight excluding hydrogens is 445 g/mol. The maximum Gasteiger partial charge on any atom is 0.205 e. The number of nitriles is 1. The summed E-state index contributed by atoms with van der Waals surface area (Å²) in [4.78, 5) is 13.3. The van der Waals surface area contributed by atoms with E-state index >= 15 is 0 Å². The van der Waals surface area contributed by atoms with Gasteiger partial charge in [-0.25, -0.2) is 4.39 Å². The zero-order chi connectivity index (χ0) is 24.7. The van der Waals surface area contributed by atoms with Crippen molar-refractivity contribution < 1.29 is 18.7 Å². The van der Waals surface area contributed by atoms with Crippen molar-refractivity contribution in [3.8, 4) is 11.8 Å². The second kappa shape index (κ2) is 8.62. The number of carbonyl (C=O) groups is 1. The van der Waals surface area contributed by atoms with Crippen LogP contribution in [-0.4, -0.2) is 17.0 Å². The summed E-state index contributed by atoms with van der Waals surface area (Å²) in [5, 5.41) is 10.9. The van der Waals surface area contributed by atoms with Gasteiger partial charge in [0.05, 0.1) is 12.5 Å². The molecule has 1 aliphatic heterocycles. The lowest BCUT2D eigenvalue weighted by Gasteiger charge is -2.37. The average molecular weight is 472 g/mol. The molecule has 0 saturated heterocycles. The Balaban J connectivity index is 1.56. The highest BCUT2D eigenvalue weighted by Gasteiger charge is 2.43. The number of ketones is 1. The third-order valence-electron chi connectivity index (χ3n) is 6.63. The van der Waals surface area contributed by atoms with Gasteiger partial charge in [0.15, 0.2) is 17.3 Å². The second-order valence-corrected chi connectivity index (χ2v) is 9.78. The van der Waals surface area contributed by atoms with Crippen LogP contribution >= 0.6 is 0 Å². The third kappa shape index (κ3) is 4.06. The van der Waals surface area contributed by atoms with Gasteiger partial charge in [0.2, 0.25) is 5.88 Å². The molecular formula is C28H26FN3O3. The Morgan fingerprint density at radius 1 is 1.20 bits per heavy atom. The van der Waals surface area contributed by atoms with Crippen LogP contribution in [0.25, 0.3) is 10.9 Å². The van der Waals surface area contributed by atoms with E-state index in [9.17, 15) is 14.4 Å². The van der Waals surface area contributed by atoms with Crippen molar-refractivity contribution in [2.75, 3.05) is 6.61 Å². The highest BCUT2D eigenvalue weighted by molar-refractivity contribution is 6.01. The quantitative estimate of drug-likeness (QED) is 0.545. The lowest BCUT2D eigenvalue weighted by molar-refractivity contribution is -0.119. The SMILES string of the molecule is CC1(C)CC(=O)C2=C(C1)OC(N)=C(C#N)C2c1cn(CCOc2ccccc2F)c2ccccc12. The molecule has 0 spiro atoms. The number of fused-ring (bicyclic) bond motifs is 1. The number of ether oxygens (including phenoxy) is 2. The van der Waals surface area contributed by atoms with Crippen molar-refractivity contribution in [1.29, 1.82) is 5.26 Å². The minimum Gasteiger partial charge on any atom is -0.489 e. The number of allylic oxidation sites excluding steroid dienone is 3. The molecule has 1 unspecified atom stereocenters. The fourth-order valence-electron chi connectivity index (χ4n) is 5.10. The Bertz CT molecular complexity index is 1440. The molecule has 0 bridgehead atoms. The van der Waals surface area contributed by atoms with E-state index in [4.69, 9.17) is 15.2 Å². The number of carbonyl (C=O) groups excluding carboxylic acids is 1. The first-order chi connectivity index (χ1) is 16.8. The van der Waals surface area contributed by atoms with Crippen molar-refractivity contribution in [2.45, 2.75) is 39.2 Å². The number of nitrogens with two attached hydrogens (primary N) is 1. The molecule has 7 heteroatoms. The van der Waals surface area contributed by atoms with Crippen LogP contribution in [-0.2, 0) is 16.1 Å². The fraction of sp³-hybridized carbons (Fsp3) is 0.286. The summed E-state index contributed by atoms with van der Waals surface area (Å²) in [5.74, 6) is -0.257. The van der Waals surface area contributed by atoms with E-state index in [-0.39, 0.29) is 35.0 Å². The number of aromatic nitrogens is 1. The minimum atomic E-state index is -0.606. The van der Waals surface area contributed by atoms with Crippen LogP contribution in [0, 0.1) is 22.6 Å². The number of nitrogens with zero attached hydrogens (tertiary/aromatic N) is 2. The maximum absolute atomic E-state index is 14.0. The van der Waals surface area contributed by atoms with Crippen molar-refractivity contribution in [3.05, 3.63) is 88.9 Å². The number of hydrogen-bond donors (Lipinski definition) is 1. The van der Waals surface area contributed by atoms with Gasteiger partial charge in [-0.3, -0.25) is 4.79 Å². The molecule has 0 amide bonds. The summed E-state index contributed by atoms with van der Waals surface area (Å²) in [6.07, 6.45) is 2.88. The van der Waals surface area contributed by atoms with Gasteiger partial charge in [-0.2, -0.15) is 5.26 Å². The van der Waals surface area contributed by atoms with E-state index in [1.54, 1.807) is 18.2 Å². The van der Waals surface area contributed by atoms with E-state index < -0.39 is 11.7 Å². The molecule has 0 fully saturated rings. The molecule has 178 valence electrons. The lowest BCUT2D eigenvalue weighted by Crippen LogP contribution is -2.33. The molecule has 2 heterocycles. The van der Waals surface area contributed by atoms with E-state index in [2.05, 4.69) is 6.07 Å². The molecule has 1 aliphatic carbocycles. The first-order valence-electron chi connectivity index (χ1n) is 11.6. The summed E-state index contributed by atoms with van der Waals surface area (Å²) in [6.45, 7) is 4.74. The standard InChI is InChI=1S/C28H26FN3O3/c1-28(2)13-22(33)26-24(14-28)35-27(31)18(15-30)25(26)19-16-32(21-9-5-3-7-17(19)21)11-12-34-23-10-6-4-8-20(23)29/h3-10,16,25H,11-14,31H2,1-2H3. The van der Waals surface area contributed by atoms with E-state index in [0.29, 0.717) is 30.7 Å². The monoisotopic (exact) mass is 471 g/mol. The van der Waals surface area contributed by atoms with E-state index in [1.165, 1.54) is 6.07 Å². The Labute approximate surface area is 203 Å². The normalized spacial score (nSPS) is 19.4. The number of halogens is 1. The van der Waals surface area contributed by atoms with E-state index in [1.807, 2.05) is 48.9 Å². The average Bonchev–Trinajstić information content (AvgIpc) is 3.17. The van der Waals surface area contributed by atoms with Gasteiger partial charge in [0, 0.05) is 35.5 Å². The van der Waals surface area contributed by atoms with Crippen LogP contribution in [0.5, 0.6) is 5.75 Å². The molecule has 5 rings (SSSR count).